The summed E-state index contributed by atoms with van der Waals surface area (Å²) in [6.07, 6.45) is 2.46. The Balaban J connectivity index is 1.21. The summed E-state index contributed by atoms with van der Waals surface area (Å²) in [5.41, 5.74) is 1.41. The van der Waals surface area contributed by atoms with Crippen LogP contribution < -0.4 is 15.5 Å². The number of anilines is 2. The van der Waals surface area contributed by atoms with Crippen molar-refractivity contribution in [2.75, 3.05) is 29.9 Å². The van der Waals surface area contributed by atoms with Crippen LogP contribution in [0.25, 0.3) is 0 Å². The second-order valence-electron chi connectivity index (χ2n) is 7.57. The second-order valence-corrected chi connectivity index (χ2v) is 8.30. The lowest BCUT2D eigenvalue weighted by atomic mass is 9.97. The SMILES string of the molecule is O=C(NCC1CCN(c2nc(Cc3ccc(F)cc3)ns2)CC1)Nc1cccc(F)c1. The van der Waals surface area contributed by atoms with Gasteiger partial charge in [-0.2, -0.15) is 4.37 Å². The normalized spacial score (nSPS) is 14.5. The zero-order chi connectivity index (χ0) is 21.6. The maximum Gasteiger partial charge on any atom is 0.319 e. The van der Waals surface area contributed by atoms with Gasteiger partial charge < -0.3 is 15.5 Å². The van der Waals surface area contributed by atoms with Crippen LogP contribution in [0.3, 0.4) is 0 Å². The monoisotopic (exact) mass is 443 g/mol. The fourth-order valence-electron chi connectivity index (χ4n) is 3.54. The molecule has 2 aromatic carbocycles. The molecule has 6 nitrogen and oxygen atoms in total. The van der Waals surface area contributed by atoms with Gasteiger partial charge in [-0.05, 0) is 54.7 Å². The number of halogens is 2. The predicted octanol–water partition coefficient (Wildman–Crippen LogP) is 4.45. The number of benzene rings is 2. The Morgan fingerprint density at radius 1 is 1.10 bits per heavy atom. The van der Waals surface area contributed by atoms with E-state index in [1.807, 2.05) is 0 Å². The molecule has 1 aliphatic rings. The summed E-state index contributed by atoms with van der Waals surface area (Å²) in [6.45, 7) is 2.27. The summed E-state index contributed by atoms with van der Waals surface area (Å²) in [4.78, 5) is 18.9. The molecule has 2 heterocycles. The van der Waals surface area contributed by atoms with Crippen LogP contribution in [-0.2, 0) is 6.42 Å². The van der Waals surface area contributed by atoms with Crippen LogP contribution in [0.1, 0.15) is 24.2 Å². The van der Waals surface area contributed by atoms with Crippen LogP contribution in [0.5, 0.6) is 0 Å². The van der Waals surface area contributed by atoms with Crippen LogP contribution in [0.15, 0.2) is 48.5 Å². The molecule has 3 aromatic rings. The van der Waals surface area contributed by atoms with E-state index in [-0.39, 0.29) is 17.7 Å². The van der Waals surface area contributed by atoms with E-state index >= 15 is 0 Å². The summed E-state index contributed by atoms with van der Waals surface area (Å²) in [7, 11) is 0. The topological polar surface area (TPSA) is 70.2 Å². The van der Waals surface area contributed by atoms with Gasteiger partial charge in [0.2, 0.25) is 5.13 Å². The summed E-state index contributed by atoms with van der Waals surface area (Å²) in [6, 6.07) is 11.9. The molecule has 9 heteroatoms. The van der Waals surface area contributed by atoms with Crippen molar-refractivity contribution >= 4 is 28.4 Å². The van der Waals surface area contributed by atoms with Crippen molar-refractivity contribution in [2.24, 2.45) is 5.92 Å². The van der Waals surface area contributed by atoms with Crippen molar-refractivity contribution in [3.8, 4) is 0 Å². The van der Waals surface area contributed by atoms with Gasteiger partial charge in [-0.15, -0.1) is 0 Å². The average Bonchev–Trinajstić information content (AvgIpc) is 3.23. The van der Waals surface area contributed by atoms with Crippen molar-refractivity contribution in [2.45, 2.75) is 19.3 Å². The van der Waals surface area contributed by atoms with E-state index in [0.717, 1.165) is 42.5 Å². The molecular weight excluding hydrogens is 420 g/mol. The number of urea groups is 1. The fourth-order valence-corrected chi connectivity index (χ4v) is 4.27. The zero-order valence-corrected chi connectivity index (χ0v) is 17.7. The van der Waals surface area contributed by atoms with Crippen LogP contribution in [0.4, 0.5) is 24.4 Å². The molecule has 31 heavy (non-hydrogen) atoms. The van der Waals surface area contributed by atoms with Gasteiger partial charge in [0.05, 0.1) is 0 Å². The molecule has 1 aromatic heterocycles. The van der Waals surface area contributed by atoms with E-state index in [1.54, 1.807) is 24.3 Å². The molecule has 0 saturated carbocycles. The minimum absolute atomic E-state index is 0.250. The molecule has 2 N–H and O–H groups in total. The number of hydrogen-bond donors (Lipinski definition) is 2. The van der Waals surface area contributed by atoms with Crippen molar-refractivity contribution in [3.05, 3.63) is 71.6 Å². The van der Waals surface area contributed by atoms with Crippen molar-refractivity contribution < 1.29 is 13.6 Å². The zero-order valence-electron chi connectivity index (χ0n) is 16.9. The molecule has 1 saturated heterocycles. The largest absolute Gasteiger partial charge is 0.347 e. The van der Waals surface area contributed by atoms with Gasteiger partial charge in [0.25, 0.3) is 0 Å². The predicted molar refractivity (Wildman–Crippen MR) is 117 cm³/mol. The average molecular weight is 444 g/mol. The number of hydrogen-bond acceptors (Lipinski definition) is 5. The molecule has 1 aliphatic heterocycles. The standard InChI is InChI=1S/C22H23F2N5OS/c23-17-6-4-15(5-7-17)12-20-27-22(31-28-20)29-10-8-16(9-11-29)14-25-21(30)26-19-3-1-2-18(24)13-19/h1-7,13,16H,8-12,14H2,(H2,25,26,30). The quantitative estimate of drug-likeness (QED) is 0.591. The van der Waals surface area contributed by atoms with Crippen LogP contribution in [-0.4, -0.2) is 35.0 Å². The fraction of sp³-hybridized carbons (Fsp3) is 0.318. The third-order valence-electron chi connectivity index (χ3n) is 5.25. The number of nitrogens with one attached hydrogen (secondary N) is 2. The molecule has 0 atom stereocenters. The first-order valence-electron chi connectivity index (χ1n) is 10.2. The number of carbonyl (C=O) groups excluding carboxylic acids is 1. The van der Waals surface area contributed by atoms with Crippen LogP contribution >= 0.6 is 11.5 Å². The highest BCUT2D eigenvalue weighted by molar-refractivity contribution is 7.09. The molecule has 0 bridgehead atoms. The van der Waals surface area contributed by atoms with Crippen molar-refractivity contribution in [1.29, 1.82) is 0 Å². The van der Waals surface area contributed by atoms with Crippen LogP contribution in [0.2, 0.25) is 0 Å². The maximum absolute atomic E-state index is 13.2. The van der Waals surface area contributed by atoms with Gasteiger partial charge in [-0.3, -0.25) is 0 Å². The number of nitrogens with zero attached hydrogens (tertiary/aromatic N) is 3. The Labute approximate surface area is 183 Å². The molecular formula is C22H23F2N5OS. The lowest BCUT2D eigenvalue weighted by Gasteiger charge is -2.31. The first kappa shape index (κ1) is 21.2. The smallest absolute Gasteiger partial charge is 0.319 e. The van der Waals surface area contributed by atoms with Gasteiger partial charge in [0.1, 0.15) is 17.5 Å². The van der Waals surface area contributed by atoms with E-state index in [9.17, 15) is 13.6 Å². The third kappa shape index (κ3) is 5.97. The number of piperidine rings is 1. The molecule has 162 valence electrons. The Morgan fingerprint density at radius 2 is 1.87 bits per heavy atom. The Morgan fingerprint density at radius 3 is 2.61 bits per heavy atom. The van der Waals surface area contributed by atoms with Crippen molar-refractivity contribution in [1.82, 2.24) is 14.7 Å². The number of rotatable bonds is 6. The molecule has 4 rings (SSSR count). The molecule has 2 amide bonds. The van der Waals surface area contributed by atoms with Gasteiger partial charge in [-0.1, -0.05) is 18.2 Å². The molecule has 0 unspecified atom stereocenters. The summed E-state index contributed by atoms with van der Waals surface area (Å²) in [5, 5.41) is 6.41. The van der Waals surface area contributed by atoms with Gasteiger partial charge in [-0.25, -0.2) is 18.6 Å². The molecule has 1 fully saturated rings. The summed E-state index contributed by atoms with van der Waals surface area (Å²) >= 11 is 1.38. The Bertz CT molecular complexity index is 1020. The lowest BCUT2D eigenvalue weighted by Crippen LogP contribution is -2.39. The third-order valence-corrected chi connectivity index (χ3v) is 6.07. The summed E-state index contributed by atoms with van der Waals surface area (Å²) in [5.74, 6) is 0.479. The van der Waals surface area contributed by atoms with Gasteiger partial charge in [0.15, 0.2) is 0 Å². The highest BCUT2D eigenvalue weighted by atomic mass is 32.1. The Hall–Kier alpha value is -3.07. The first-order valence-corrected chi connectivity index (χ1v) is 10.9. The van der Waals surface area contributed by atoms with Gasteiger partial charge >= 0.3 is 6.03 Å². The van der Waals surface area contributed by atoms with E-state index in [1.165, 1.54) is 35.8 Å². The molecule has 0 spiro atoms. The number of aromatic nitrogens is 2. The number of amides is 2. The highest BCUT2D eigenvalue weighted by Gasteiger charge is 2.22. The first-order chi connectivity index (χ1) is 15.0. The maximum atomic E-state index is 13.2. The van der Waals surface area contributed by atoms with E-state index in [4.69, 9.17) is 0 Å². The minimum Gasteiger partial charge on any atom is -0.347 e. The van der Waals surface area contributed by atoms with Crippen LogP contribution in [0, 0.1) is 17.6 Å². The lowest BCUT2D eigenvalue weighted by molar-refractivity contribution is 0.248. The second kappa shape index (κ2) is 9.82. The molecule has 0 aliphatic carbocycles. The van der Waals surface area contributed by atoms with E-state index in [0.29, 0.717) is 24.6 Å². The van der Waals surface area contributed by atoms with Gasteiger partial charge in [0, 0.05) is 43.3 Å². The van der Waals surface area contributed by atoms with Crippen molar-refractivity contribution in [3.63, 3.8) is 0 Å². The minimum atomic E-state index is -0.386. The highest BCUT2D eigenvalue weighted by Crippen LogP contribution is 2.25. The van der Waals surface area contributed by atoms with E-state index < -0.39 is 0 Å². The molecule has 0 radical (unpaired) electrons. The number of carbonyl (C=O) groups is 1. The Kier molecular flexibility index (Phi) is 6.71. The summed E-state index contributed by atoms with van der Waals surface area (Å²) < 4.78 is 30.7. The van der Waals surface area contributed by atoms with E-state index in [2.05, 4.69) is 24.9 Å².